The summed E-state index contributed by atoms with van der Waals surface area (Å²) in [5.41, 5.74) is 2.10. The molecule has 0 radical (unpaired) electrons. The van der Waals surface area contributed by atoms with E-state index < -0.39 is 6.10 Å². The first kappa shape index (κ1) is 15.0. The minimum atomic E-state index is -0.698. The van der Waals surface area contributed by atoms with Crippen LogP contribution in [0.2, 0.25) is 0 Å². The van der Waals surface area contributed by atoms with Crippen molar-refractivity contribution in [2.45, 2.75) is 38.3 Å². The number of rotatable bonds is 6. The van der Waals surface area contributed by atoms with Gasteiger partial charge >= 0.3 is 5.97 Å². The molecular formula is C13H19NO3S. The highest BCUT2D eigenvalue weighted by atomic mass is 32.2. The van der Waals surface area contributed by atoms with Gasteiger partial charge in [-0.1, -0.05) is 0 Å². The van der Waals surface area contributed by atoms with Gasteiger partial charge < -0.3 is 9.84 Å². The highest BCUT2D eigenvalue weighted by Gasteiger charge is 2.12. The number of carbonyl (C=O) groups excluding carboxylic acids is 1. The van der Waals surface area contributed by atoms with Gasteiger partial charge in [0, 0.05) is 11.4 Å². The molecule has 1 rings (SSSR count). The Balaban J connectivity index is 2.42. The molecule has 18 heavy (non-hydrogen) atoms. The maximum absolute atomic E-state index is 11.2. The molecule has 0 aliphatic heterocycles. The van der Waals surface area contributed by atoms with Crippen molar-refractivity contribution in [1.82, 2.24) is 4.98 Å². The van der Waals surface area contributed by atoms with E-state index in [1.165, 1.54) is 11.8 Å². The van der Waals surface area contributed by atoms with Crippen LogP contribution in [0.15, 0.2) is 17.2 Å². The molecule has 1 heterocycles. The number of hydrogen-bond acceptors (Lipinski definition) is 5. The molecule has 0 bridgehead atoms. The van der Waals surface area contributed by atoms with Crippen LogP contribution >= 0.6 is 11.8 Å². The van der Waals surface area contributed by atoms with Crippen molar-refractivity contribution < 1.29 is 14.6 Å². The maximum atomic E-state index is 11.2. The largest absolute Gasteiger partial charge is 0.466 e. The molecule has 1 aromatic rings. The molecular weight excluding hydrogens is 250 g/mol. The van der Waals surface area contributed by atoms with Crippen molar-refractivity contribution in [3.63, 3.8) is 0 Å². The molecule has 1 atom stereocenters. The number of esters is 1. The fourth-order valence-corrected chi connectivity index (χ4v) is 2.49. The van der Waals surface area contributed by atoms with Gasteiger partial charge in [0.1, 0.15) is 0 Å². The minimum Gasteiger partial charge on any atom is -0.466 e. The molecule has 0 aliphatic carbocycles. The minimum absolute atomic E-state index is 0.0334. The highest BCUT2D eigenvalue weighted by molar-refractivity contribution is 7.99. The standard InChI is InChI=1S/C13H19NO3S/c1-4-17-13(16)7-11(15)8-18-12-6-9(2)5-10(3)14-12/h5-6,11,15H,4,7-8H2,1-3H3. The summed E-state index contributed by atoms with van der Waals surface area (Å²) in [6.07, 6.45) is -0.664. The molecule has 0 fully saturated rings. The van der Waals surface area contributed by atoms with Crippen LogP contribution in [0, 0.1) is 13.8 Å². The number of aliphatic hydroxyl groups is 1. The Kier molecular flexibility index (Phi) is 6.15. The van der Waals surface area contributed by atoms with Crippen molar-refractivity contribution in [2.24, 2.45) is 0 Å². The average Bonchev–Trinajstić information content (AvgIpc) is 2.25. The molecule has 1 aromatic heterocycles. The summed E-state index contributed by atoms with van der Waals surface area (Å²) in [4.78, 5) is 15.5. The first-order chi connectivity index (χ1) is 8.51. The summed E-state index contributed by atoms with van der Waals surface area (Å²) >= 11 is 1.45. The summed E-state index contributed by atoms with van der Waals surface area (Å²) in [5.74, 6) is 0.0771. The van der Waals surface area contributed by atoms with Gasteiger partial charge in [-0.25, -0.2) is 4.98 Å². The number of aliphatic hydroxyl groups excluding tert-OH is 1. The van der Waals surface area contributed by atoms with Gasteiger partial charge in [0.05, 0.1) is 24.2 Å². The lowest BCUT2D eigenvalue weighted by atomic mass is 10.3. The van der Waals surface area contributed by atoms with Crippen molar-refractivity contribution in [2.75, 3.05) is 12.4 Å². The number of nitrogens with zero attached hydrogens (tertiary/aromatic N) is 1. The lowest BCUT2D eigenvalue weighted by molar-refractivity contribution is -0.144. The second-order valence-corrected chi connectivity index (χ2v) is 5.14. The lowest BCUT2D eigenvalue weighted by Crippen LogP contribution is -2.17. The molecule has 100 valence electrons. The monoisotopic (exact) mass is 269 g/mol. The van der Waals surface area contributed by atoms with Gasteiger partial charge in [-0.3, -0.25) is 4.79 Å². The van der Waals surface area contributed by atoms with Crippen molar-refractivity contribution in [3.05, 3.63) is 23.4 Å². The SMILES string of the molecule is CCOC(=O)CC(O)CSc1cc(C)cc(C)n1. The number of ether oxygens (including phenoxy) is 1. The van der Waals surface area contributed by atoms with Crippen molar-refractivity contribution in [1.29, 1.82) is 0 Å². The number of pyridine rings is 1. The highest BCUT2D eigenvalue weighted by Crippen LogP contribution is 2.19. The third-order valence-corrected chi connectivity index (χ3v) is 3.26. The smallest absolute Gasteiger partial charge is 0.308 e. The van der Waals surface area contributed by atoms with Crippen LogP contribution in [-0.2, 0) is 9.53 Å². The fourth-order valence-electron chi connectivity index (χ4n) is 1.53. The van der Waals surface area contributed by atoms with Crippen molar-refractivity contribution >= 4 is 17.7 Å². The number of aryl methyl sites for hydroxylation is 2. The summed E-state index contributed by atoms with van der Waals surface area (Å²) < 4.78 is 4.78. The predicted octanol–water partition coefficient (Wildman–Crippen LogP) is 2.10. The molecule has 1 unspecified atom stereocenters. The zero-order valence-electron chi connectivity index (χ0n) is 11.0. The molecule has 0 aliphatic rings. The quantitative estimate of drug-likeness (QED) is 0.633. The Bertz CT molecular complexity index is 389. The second kappa shape index (κ2) is 7.38. The van der Waals surface area contributed by atoms with Gasteiger partial charge in [0.15, 0.2) is 0 Å². The van der Waals surface area contributed by atoms with Gasteiger partial charge in [0.25, 0.3) is 0 Å². The molecule has 1 N–H and O–H groups in total. The van der Waals surface area contributed by atoms with E-state index in [0.29, 0.717) is 12.4 Å². The molecule has 0 amide bonds. The van der Waals surface area contributed by atoms with Gasteiger partial charge in [-0.15, -0.1) is 11.8 Å². The summed E-state index contributed by atoms with van der Waals surface area (Å²) in [6.45, 7) is 6.04. The first-order valence-electron chi connectivity index (χ1n) is 5.93. The van der Waals surface area contributed by atoms with E-state index in [-0.39, 0.29) is 12.4 Å². The second-order valence-electron chi connectivity index (χ2n) is 4.10. The molecule has 0 saturated heterocycles. The van der Waals surface area contributed by atoms with E-state index in [0.717, 1.165) is 16.3 Å². The van der Waals surface area contributed by atoms with Crippen LogP contribution in [0.1, 0.15) is 24.6 Å². The van der Waals surface area contributed by atoms with E-state index in [2.05, 4.69) is 4.98 Å². The average molecular weight is 269 g/mol. The number of thioether (sulfide) groups is 1. The van der Waals surface area contributed by atoms with Crippen LogP contribution in [0.5, 0.6) is 0 Å². The number of carbonyl (C=O) groups is 1. The molecule has 0 aromatic carbocycles. The summed E-state index contributed by atoms with van der Waals surface area (Å²) in [5, 5.41) is 10.6. The first-order valence-corrected chi connectivity index (χ1v) is 6.91. The molecule has 4 nitrogen and oxygen atoms in total. The molecule has 5 heteroatoms. The molecule has 0 saturated carbocycles. The summed E-state index contributed by atoms with van der Waals surface area (Å²) in [6, 6.07) is 3.97. The van der Waals surface area contributed by atoms with E-state index in [1.54, 1.807) is 6.92 Å². The Morgan fingerprint density at radius 3 is 2.83 bits per heavy atom. The lowest BCUT2D eigenvalue weighted by Gasteiger charge is -2.09. The zero-order chi connectivity index (χ0) is 13.5. The zero-order valence-corrected chi connectivity index (χ0v) is 11.8. The van der Waals surface area contributed by atoms with Gasteiger partial charge in [-0.05, 0) is 38.5 Å². The van der Waals surface area contributed by atoms with Crippen molar-refractivity contribution in [3.8, 4) is 0 Å². The fraction of sp³-hybridized carbons (Fsp3) is 0.538. The topological polar surface area (TPSA) is 59.4 Å². The predicted molar refractivity (Wildman–Crippen MR) is 71.7 cm³/mol. The third kappa shape index (κ3) is 5.51. The maximum Gasteiger partial charge on any atom is 0.308 e. The Morgan fingerprint density at radius 1 is 1.50 bits per heavy atom. The molecule has 0 spiro atoms. The Hall–Kier alpha value is -1.07. The van der Waals surface area contributed by atoms with Gasteiger partial charge in [-0.2, -0.15) is 0 Å². The summed E-state index contributed by atoms with van der Waals surface area (Å²) in [7, 11) is 0. The van der Waals surface area contributed by atoms with Crippen LogP contribution in [0.25, 0.3) is 0 Å². The van der Waals surface area contributed by atoms with Crippen LogP contribution in [0.3, 0.4) is 0 Å². The van der Waals surface area contributed by atoms with Crippen LogP contribution < -0.4 is 0 Å². The third-order valence-electron chi connectivity index (χ3n) is 2.21. The van der Waals surface area contributed by atoms with E-state index in [9.17, 15) is 9.90 Å². The number of hydrogen-bond donors (Lipinski definition) is 1. The Labute approximate surface area is 112 Å². The Morgan fingerprint density at radius 2 is 2.22 bits per heavy atom. The van der Waals surface area contributed by atoms with E-state index >= 15 is 0 Å². The normalized spacial score (nSPS) is 12.2. The van der Waals surface area contributed by atoms with Crippen LogP contribution in [-0.4, -0.2) is 34.5 Å². The van der Waals surface area contributed by atoms with E-state index in [1.807, 2.05) is 26.0 Å². The van der Waals surface area contributed by atoms with E-state index in [4.69, 9.17) is 4.74 Å². The number of aromatic nitrogens is 1. The van der Waals surface area contributed by atoms with Crippen LogP contribution in [0.4, 0.5) is 0 Å². The van der Waals surface area contributed by atoms with Gasteiger partial charge in [0.2, 0.25) is 0 Å².